The SMILES string of the molecule is O=S(=O)(c1ccc(Cl)cc1)N1CCC(C(F)(F)F)CC1. The monoisotopic (exact) mass is 327 g/mol. The molecule has 0 saturated carbocycles. The highest BCUT2D eigenvalue weighted by Crippen LogP contribution is 2.35. The van der Waals surface area contributed by atoms with Crippen molar-refractivity contribution in [3.63, 3.8) is 0 Å². The summed E-state index contributed by atoms with van der Waals surface area (Å²) in [5, 5.41) is 0.403. The Morgan fingerprint density at radius 2 is 1.60 bits per heavy atom. The summed E-state index contributed by atoms with van der Waals surface area (Å²) in [5.41, 5.74) is 0. The minimum Gasteiger partial charge on any atom is -0.207 e. The number of rotatable bonds is 2. The third-order valence-corrected chi connectivity index (χ3v) is 5.53. The van der Waals surface area contributed by atoms with Crippen LogP contribution in [0.4, 0.5) is 13.2 Å². The largest absolute Gasteiger partial charge is 0.391 e. The first-order chi connectivity index (χ1) is 9.21. The van der Waals surface area contributed by atoms with E-state index in [1.165, 1.54) is 24.3 Å². The molecule has 0 amide bonds. The Balaban J connectivity index is 2.11. The van der Waals surface area contributed by atoms with Crippen molar-refractivity contribution in [2.45, 2.75) is 23.9 Å². The zero-order valence-electron chi connectivity index (χ0n) is 10.4. The Morgan fingerprint density at radius 1 is 1.10 bits per heavy atom. The van der Waals surface area contributed by atoms with Crippen LogP contribution in [0.2, 0.25) is 5.02 Å². The molecule has 1 aromatic rings. The molecule has 1 aliphatic heterocycles. The van der Waals surface area contributed by atoms with E-state index >= 15 is 0 Å². The molecule has 1 aromatic carbocycles. The fourth-order valence-electron chi connectivity index (χ4n) is 2.18. The van der Waals surface area contributed by atoms with Crippen molar-refractivity contribution in [1.29, 1.82) is 0 Å². The van der Waals surface area contributed by atoms with Gasteiger partial charge in [-0.1, -0.05) is 11.6 Å². The van der Waals surface area contributed by atoms with Gasteiger partial charge in [-0.15, -0.1) is 0 Å². The molecular weight excluding hydrogens is 315 g/mol. The lowest BCUT2D eigenvalue weighted by molar-refractivity contribution is -0.182. The van der Waals surface area contributed by atoms with E-state index in [0.717, 1.165) is 4.31 Å². The third-order valence-electron chi connectivity index (χ3n) is 3.37. The van der Waals surface area contributed by atoms with Gasteiger partial charge >= 0.3 is 6.18 Å². The molecule has 0 bridgehead atoms. The van der Waals surface area contributed by atoms with Gasteiger partial charge in [-0.05, 0) is 37.1 Å². The molecular formula is C12H13ClF3NO2S. The van der Waals surface area contributed by atoms with Gasteiger partial charge < -0.3 is 0 Å². The molecule has 0 atom stereocenters. The molecule has 1 aliphatic rings. The maximum absolute atomic E-state index is 12.5. The van der Waals surface area contributed by atoms with Crippen molar-refractivity contribution < 1.29 is 21.6 Å². The van der Waals surface area contributed by atoms with Gasteiger partial charge in [0, 0.05) is 18.1 Å². The molecule has 8 heteroatoms. The zero-order valence-corrected chi connectivity index (χ0v) is 12.0. The summed E-state index contributed by atoms with van der Waals surface area (Å²) in [7, 11) is -3.74. The average molecular weight is 328 g/mol. The maximum Gasteiger partial charge on any atom is 0.391 e. The van der Waals surface area contributed by atoms with Crippen LogP contribution in [-0.2, 0) is 10.0 Å². The number of halogens is 4. The molecule has 1 fully saturated rings. The number of nitrogens with zero attached hydrogens (tertiary/aromatic N) is 1. The summed E-state index contributed by atoms with van der Waals surface area (Å²) in [5.74, 6) is -1.42. The van der Waals surface area contributed by atoms with Gasteiger partial charge in [0.25, 0.3) is 0 Å². The average Bonchev–Trinajstić information content (AvgIpc) is 2.38. The van der Waals surface area contributed by atoms with Gasteiger partial charge in [0.05, 0.1) is 10.8 Å². The number of hydrogen-bond donors (Lipinski definition) is 0. The Labute approximate surface area is 120 Å². The Hall–Kier alpha value is -0.790. The number of alkyl halides is 3. The van der Waals surface area contributed by atoms with Crippen LogP contribution < -0.4 is 0 Å². The Kier molecular flexibility index (Phi) is 4.32. The topological polar surface area (TPSA) is 37.4 Å². The minimum absolute atomic E-state index is 0.0485. The standard InChI is InChI=1S/C12H13ClF3NO2S/c13-10-1-3-11(4-2-10)20(18,19)17-7-5-9(6-8-17)12(14,15)16/h1-4,9H,5-8H2. The molecule has 0 radical (unpaired) electrons. The quantitative estimate of drug-likeness (QED) is 0.835. The second-order valence-corrected chi connectivity index (χ2v) is 7.05. The van der Waals surface area contributed by atoms with Crippen molar-refractivity contribution in [3.05, 3.63) is 29.3 Å². The normalized spacial score (nSPS) is 19.2. The van der Waals surface area contributed by atoms with Crippen LogP contribution in [0.25, 0.3) is 0 Å². The first-order valence-electron chi connectivity index (χ1n) is 6.03. The van der Waals surface area contributed by atoms with Gasteiger partial charge in [-0.2, -0.15) is 17.5 Å². The van der Waals surface area contributed by atoms with Crippen molar-refractivity contribution in [3.8, 4) is 0 Å². The third kappa shape index (κ3) is 3.27. The second kappa shape index (κ2) is 5.54. The predicted molar refractivity (Wildman–Crippen MR) is 69.0 cm³/mol. The summed E-state index contributed by atoms with van der Waals surface area (Å²) in [6, 6.07) is 5.59. The highest BCUT2D eigenvalue weighted by molar-refractivity contribution is 7.89. The first-order valence-corrected chi connectivity index (χ1v) is 7.85. The lowest BCUT2D eigenvalue weighted by atomic mass is 9.98. The van der Waals surface area contributed by atoms with Gasteiger partial charge in [0.15, 0.2) is 0 Å². The molecule has 0 aliphatic carbocycles. The van der Waals surface area contributed by atoms with Crippen LogP contribution in [0, 0.1) is 5.92 Å². The van der Waals surface area contributed by atoms with E-state index in [4.69, 9.17) is 11.6 Å². The van der Waals surface area contributed by atoms with E-state index in [0.29, 0.717) is 5.02 Å². The summed E-state index contributed by atoms with van der Waals surface area (Å²) in [6.45, 7) is -0.232. The highest BCUT2D eigenvalue weighted by Gasteiger charge is 2.42. The Morgan fingerprint density at radius 3 is 2.05 bits per heavy atom. The molecule has 3 nitrogen and oxygen atoms in total. The smallest absolute Gasteiger partial charge is 0.207 e. The van der Waals surface area contributed by atoms with Crippen LogP contribution in [0.15, 0.2) is 29.2 Å². The maximum atomic E-state index is 12.5. The van der Waals surface area contributed by atoms with Crippen molar-refractivity contribution in [2.24, 2.45) is 5.92 Å². The number of hydrogen-bond acceptors (Lipinski definition) is 2. The van der Waals surface area contributed by atoms with Crippen LogP contribution in [0.1, 0.15) is 12.8 Å². The van der Waals surface area contributed by atoms with E-state index in [2.05, 4.69) is 0 Å². The van der Waals surface area contributed by atoms with Gasteiger partial charge in [0.1, 0.15) is 0 Å². The van der Waals surface area contributed by atoms with Crippen LogP contribution in [-0.4, -0.2) is 32.0 Å². The summed E-state index contributed by atoms with van der Waals surface area (Å²) >= 11 is 5.68. The number of benzene rings is 1. The van der Waals surface area contributed by atoms with E-state index < -0.39 is 22.1 Å². The van der Waals surface area contributed by atoms with E-state index in [1.54, 1.807) is 0 Å². The van der Waals surface area contributed by atoms with E-state index in [9.17, 15) is 21.6 Å². The van der Waals surface area contributed by atoms with E-state index in [-0.39, 0.29) is 30.8 Å². The molecule has 0 unspecified atom stereocenters. The van der Waals surface area contributed by atoms with Gasteiger partial charge in [-0.25, -0.2) is 8.42 Å². The molecule has 112 valence electrons. The van der Waals surface area contributed by atoms with Crippen LogP contribution >= 0.6 is 11.6 Å². The molecule has 2 rings (SSSR count). The molecule has 0 spiro atoms. The van der Waals surface area contributed by atoms with Crippen molar-refractivity contribution >= 4 is 21.6 Å². The molecule has 20 heavy (non-hydrogen) atoms. The molecule has 1 saturated heterocycles. The molecule has 0 aromatic heterocycles. The fourth-order valence-corrected chi connectivity index (χ4v) is 3.77. The molecule has 1 heterocycles. The summed E-state index contributed by atoms with van der Waals surface area (Å²) in [4.78, 5) is 0.0485. The highest BCUT2D eigenvalue weighted by atomic mass is 35.5. The minimum atomic E-state index is -4.25. The lowest BCUT2D eigenvalue weighted by Crippen LogP contribution is -2.42. The molecule has 0 N–H and O–H groups in total. The van der Waals surface area contributed by atoms with E-state index in [1.807, 2.05) is 0 Å². The first kappa shape index (κ1) is 15.6. The number of piperidine rings is 1. The second-order valence-electron chi connectivity index (χ2n) is 4.67. The van der Waals surface area contributed by atoms with Gasteiger partial charge in [0.2, 0.25) is 10.0 Å². The Bertz CT molecular complexity index is 563. The predicted octanol–water partition coefficient (Wildman–Crippen LogP) is 3.30. The lowest BCUT2D eigenvalue weighted by Gasteiger charge is -2.32. The number of sulfonamides is 1. The fraction of sp³-hybridized carbons (Fsp3) is 0.500. The van der Waals surface area contributed by atoms with Crippen molar-refractivity contribution in [2.75, 3.05) is 13.1 Å². The van der Waals surface area contributed by atoms with Crippen LogP contribution in [0.5, 0.6) is 0 Å². The van der Waals surface area contributed by atoms with Gasteiger partial charge in [-0.3, -0.25) is 0 Å². The summed E-state index contributed by atoms with van der Waals surface area (Å²) < 4.78 is 63.3. The zero-order chi connectivity index (χ0) is 15.0. The van der Waals surface area contributed by atoms with Crippen LogP contribution in [0.3, 0.4) is 0 Å². The van der Waals surface area contributed by atoms with Crippen molar-refractivity contribution in [1.82, 2.24) is 4.31 Å². The summed E-state index contributed by atoms with van der Waals surface area (Å²) in [6.07, 6.45) is -4.65.